The number of carboxylic acid groups (broad SMARTS) is 2. The molecule has 0 rings (SSSR count). The average molecular weight is 153 g/mol. The molecule has 0 saturated heterocycles. The normalized spacial score (nSPS) is 25.9. The van der Waals surface area contributed by atoms with Gasteiger partial charge in [-0.1, -0.05) is 0 Å². The summed E-state index contributed by atoms with van der Waals surface area (Å²) < 4.78 is 34.7. The molecule has 0 heterocycles. The highest BCUT2D eigenvalue weighted by molar-refractivity contribution is 5.74. The Morgan fingerprint density at radius 2 is 2.20 bits per heavy atom. The molecule has 5 nitrogen and oxygen atoms in total. The van der Waals surface area contributed by atoms with E-state index in [4.69, 9.17) is 22.8 Å². The molecular formula is C5H9NO4. The van der Waals surface area contributed by atoms with Crippen molar-refractivity contribution in [1.29, 1.82) is 0 Å². The van der Waals surface area contributed by atoms with Gasteiger partial charge >= 0.3 is 11.9 Å². The van der Waals surface area contributed by atoms with Gasteiger partial charge in [0.05, 0.1) is 1.37 Å². The minimum atomic E-state index is -3.59. The molecule has 0 aromatic heterocycles. The van der Waals surface area contributed by atoms with E-state index < -0.39 is 30.7 Å². The second kappa shape index (κ2) is 3.84. The van der Waals surface area contributed by atoms with Gasteiger partial charge in [-0.25, -0.2) is 0 Å². The van der Waals surface area contributed by atoms with Crippen LogP contribution in [0.5, 0.6) is 0 Å². The van der Waals surface area contributed by atoms with Crippen LogP contribution in [0.1, 0.15) is 19.6 Å². The Hall–Kier alpha value is -1.10. The van der Waals surface area contributed by atoms with E-state index in [9.17, 15) is 9.59 Å². The van der Waals surface area contributed by atoms with Crippen molar-refractivity contribution in [2.45, 2.75) is 18.8 Å². The molecule has 0 spiro atoms. The smallest absolute Gasteiger partial charge is 0.320 e. The molecule has 0 aromatic carbocycles. The fraction of sp³-hybridized carbons (Fsp3) is 0.600. The monoisotopic (exact) mass is 153 g/mol. The van der Waals surface area contributed by atoms with Gasteiger partial charge in [-0.15, -0.1) is 0 Å². The summed E-state index contributed by atoms with van der Waals surface area (Å²) in [6.45, 7) is 0. The first-order chi connectivity index (χ1) is 6.39. The third-order valence-electron chi connectivity index (χ3n) is 0.535. The molecule has 0 amide bonds. The fourth-order valence-corrected chi connectivity index (χ4v) is 0.174. The van der Waals surface area contributed by atoms with Crippen molar-refractivity contribution in [3.05, 3.63) is 0 Å². The maximum Gasteiger partial charge on any atom is 0.320 e. The zero-order chi connectivity index (χ0) is 12.7. The van der Waals surface area contributed by atoms with Crippen LogP contribution in [-0.4, -0.2) is 28.2 Å². The molecule has 0 radical (unpaired) electrons. The second-order valence-electron chi connectivity index (χ2n) is 1.27. The first kappa shape index (κ1) is 3.34. The number of nitrogens with two attached hydrogens (primary N) is 1. The standard InChI is InChI=1S/C5H9NO4/c6-3(5(9)10)1-2-4(7)8/h3H,1-2,6H2,(H,7,8)(H,9,10)/i1+1D2,2D2,3D. The van der Waals surface area contributed by atoms with E-state index >= 15 is 0 Å². The van der Waals surface area contributed by atoms with Gasteiger partial charge in [0.15, 0.2) is 0 Å². The van der Waals surface area contributed by atoms with E-state index in [2.05, 4.69) is 0 Å². The molecular weight excluding hydrogens is 139 g/mol. The van der Waals surface area contributed by atoms with Crippen LogP contribution in [0.4, 0.5) is 0 Å². The van der Waals surface area contributed by atoms with Gasteiger partial charge in [0.2, 0.25) is 0 Å². The molecule has 0 bridgehead atoms. The molecule has 0 saturated carbocycles. The summed E-state index contributed by atoms with van der Waals surface area (Å²) >= 11 is 0. The molecule has 10 heavy (non-hydrogen) atoms. The van der Waals surface area contributed by atoms with Crippen molar-refractivity contribution in [3.8, 4) is 0 Å². The molecule has 0 fully saturated rings. The Morgan fingerprint density at radius 3 is 2.50 bits per heavy atom. The lowest BCUT2D eigenvalue weighted by atomic mass is 10.4. The molecule has 4 N–H and O–H groups in total. The highest BCUT2D eigenvalue weighted by Gasteiger charge is 2.12. The Kier molecular flexibility index (Phi) is 1.28. The Bertz CT molecular complexity index is 274. The van der Waals surface area contributed by atoms with Crippen LogP contribution in [0.2, 0.25) is 0 Å². The van der Waals surface area contributed by atoms with Crippen LogP contribution in [0.15, 0.2) is 0 Å². The zero-order valence-electron chi connectivity index (χ0n) is 9.79. The van der Waals surface area contributed by atoms with Gasteiger partial charge in [-0.3, -0.25) is 9.59 Å². The van der Waals surface area contributed by atoms with Crippen molar-refractivity contribution < 1.29 is 26.7 Å². The molecule has 0 aliphatic heterocycles. The van der Waals surface area contributed by atoms with E-state index in [1.54, 1.807) is 0 Å². The summed E-state index contributed by atoms with van der Waals surface area (Å²) in [7, 11) is 0. The third-order valence-corrected chi connectivity index (χ3v) is 0.535. The lowest BCUT2D eigenvalue weighted by molar-refractivity contribution is -0.139. The maximum absolute atomic E-state index is 10.4. The molecule has 1 unspecified atom stereocenters. The Balaban J connectivity index is 5.50. The highest BCUT2D eigenvalue weighted by Crippen LogP contribution is 1.93. The van der Waals surface area contributed by atoms with Crippen LogP contribution in [0.3, 0.4) is 0 Å². The summed E-state index contributed by atoms with van der Waals surface area (Å²) in [5, 5.41) is 16.8. The molecule has 0 aliphatic rings. The van der Waals surface area contributed by atoms with Crippen LogP contribution < -0.4 is 5.73 Å². The predicted octanol–water partition coefficient (Wildman–Crippen LogP) is -0.737. The minimum Gasteiger partial charge on any atom is -0.481 e. The molecule has 58 valence electrons. The average Bonchev–Trinajstić information content (AvgIpc) is 2.02. The number of aliphatic carboxylic acids is 2. The number of hydrogen-bond acceptors (Lipinski definition) is 3. The zero-order valence-corrected chi connectivity index (χ0v) is 4.79. The third kappa shape index (κ3) is 3.85. The lowest BCUT2D eigenvalue weighted by Crippen LogP contribution is -2.30. The first-order valence-corrected chi connectivity index (χ1v) is 2.14. The number of rotatable bonds is 4. The largest absolute Gasteiger partial charge is 0.481 e. The summed E-state index contributed by atoms with van der Waals surface area (Å²) in [5.41, 5.74) is 4.75. The van der Waals surface area contributed by atoms with E-state index in [0.29, 0.717) is 0 Å². The Labute approximate surface area is 64.5 Å². The van der Waals surface area contributed by atoms with Gasteiger partial charge in [-0.05, 0) is 6.37 Å². The van der Waals surface area contributed by atoms with Crippen molar-refractivity contribution >= 4 is 11.9 Å². The fourth-order valence-electron chi connectivity index (χ4n) is 0.174. The number of hydrogen-bond donors (Lipinski definition) is 3. The lowest BCUT2D eigenvalue weighted by Gasteiger charge is -2.01. The Morgan fingerprint density at radius 1 is 1.70 bits per heavy atom. The van der Waals surface area contributed by atoms with E-state index in [-0.39, 0.29) is 0 Å². The topological polar surface area (TPSA) is 101 Å². The van der Waals surface area contributed by atoms with Gasteiger partial charge in [0, 0.05) is 11.9 Å². The SMILES string of the molecule is [2H]C([2H])(C(=O)O)[13C]([2H])([2H])C([2H])(N)C(=O)O. The molecule has 0 aliphatic carbocycles. The van der Waals surface area contributed by atoms with Crippen molar-refractivity contribution in [2.75, 3.05) is 0 Å². The van der Waals surface area contributed by atoms with Gasteiger partial charge < -0.3 is 15.9 Å². The summed E-state index contributed by atoms with van der Waals surface area (Å²) in [4.78, 5) is 20.8. The van der Waals surface area contributed by atoms with E-state index in [1.165, 1.54) is 0 Å². The number of carboxylic acids is 2. The van der Waals surface area contributed by atoms with E-state index in [1.807, 2.05) is 0 Å². The second-order valence-corrected chi connectivity index (χ2v) is 1.27. The minimum absolute atomic E-state index is 2.15. The van der Waals surface area contributed by atoms with Gasteiger partial charge in [-0.2, -0.15) is 0 Å². The van der Waals surface area contributed by atoms with Crippen LogP contribution in [0.25, 0.3) is 0 Å². The molecule has 0 aromatic rings. The van der Waals surface area contributed by atoms with Crippen LogP contribution >= 0.6 is 0 Å². The highest BCUT2D eigenvalue weighted by atomic mass is 16.4. The van der Waals surface area contributed by atoms with Crippen molar-refractivity contribution in [2.24, 2.45) is 5.73 Å². The summed E-state index contributed by atoms with van der Waals surface area (Å²) in [6.07, 6.45) is -7.17. The predicted molar refractivity (Wildman–Crippen MR) is 32.5 cm³/mol. The van der Waals surface area contributed by atoms with Crippen molar-refractivity contribution in [1.82, 2.24) is 0 Å². The van der Waals surface area contributed by atoms with Gasteiger partial charge in [0.25, 0.3) is 0 Å². The summed E-state index contributed by atoms with van der Waals surface area (Å²) in [5.74, 6) is -4.38. The van der Waals surface area contributed by atoms with Crippen molar-refractivity contribution in [3.63, 3.8) is 0 Å². The maximum atomic E-state index is 10.4. The van der Waals surface area contributed by atoms with Crippen LogP contribution in [-0.2, 0) is 9.59 Å². The summed E-state index contributed by atoms with van der Waals surface area (Å²) in [6, 6.07) is -3.39. The number of carbonyl (C=O) groups is 2. The first-order valence-electron chi connectivity index (χ1n) is 4.64. The quantitative estimate of drug-likeness (QED) is 0.462. The van der Waals surface area contributed by atoms with Gasteiger partial charge in [0.1, 0.15) is 6.02 Å². The molecule has 5 heteroatoms. The van der Waals surface area contributed by atoms with E-state index in [0.717, 1.165) is 0 Å². The van der Waals surface area contributed by atoms with Crippen LogP contribution in [0, 0.1) is 0 Å². The molecule has 1 atom stereocenters.